The summed E-state index contributed by atoms with van der Waals surface area (Å²) < 4.78 is 53.2. The number of nitrogens with zero attached hydrogens (tertiary/aromatic N) is 1. The van der Waals surface area contributed by atoms with Gasteiger partial charge in [-0.2, -0.15) is 13.2 Å². The van der Waals surface area contributed by atoms with E-state index >= 15 is 4.79 Å². The molecule has 10 rings (SSSR count). The molecule has 1 unspecified atom stereocenters. The molecule has 3 fully saturated rings. The highest BCUT2D eigenvalue weighted by atomic mass is 19.4. The first kappa shape index (κ1) is 41.4. The SMILES string of the molecule is COc1ccc(CC(=O)N(Cc2cccc3ccccc23)C[C@]2(O)CC[C@H]3[C@]45C=C[C@@]6(C=C4C(=O)c4cccc(C(F)(F)F)c4)CC(O)CC[C@]6(C)[C@H]5CC[C@@]32C)cc1OC. The van der Waals surface area contributed by atoms with Gasteiger partial charge in [-0.25, -0.2) is 0 Å². The fourth-order valence-corrected chi connectivity index (χ4v) is 13.1. The second kappa shape index (κ2) is 14.6. The van der Waals surface area contributed by atoms with Crippen LogP contribution in [0, 0.1) is 33.5 Å². The molecule has 0 radical (unpaired) electrons. The molecule has 3 saturated carbocycles. The minimum Gasteiger partial charge on any atom is -0.493 e. The van der Waals surface area contributed by atoms with Gasteiger partial charge < -0.3 is 24.6 Å². The number of ether oxygens (including phenoxy) is 2. The minimum absolute atomic E-state index is 0.0211. The number of hydrogen-bond donors (Lipinski definition) is 2. The fraction of sp³-hybridized carbons (Fsp3) is 0.451. The highest BCUT2D eigenvalue weighted by Gasteiger charge is 2.74. The maximum atomic E-state index is 15.0. The molecule has 0 saturated heterocycles. The number of aliphatic hydroxyl groups is 2. The first-order chi connectivity index (χ1) is 29.0. The van der Waals surface area contributed by atoms with Crippen LogP contribution in [0.15, 0.2) is 109 Å². The van der Waals surface area contributed by atoms with Gasteiger partial charge >= 0.3 is 6.18 Å². The van der Waals surface area contributed by atoms with Crippen LogP contribution in [0.5, 0.6) is 11.5 Å². The Labute approximate surface area is 355 Å². The zero-order chi connectivity index (χ0) is 43.2. The third-order valence-corrected chi connectivity index (χ3v) is 16.3. The summed E-state index contributed by atoms with van der Waals surface area (Å²) in [4.78, 5) is 31.5. The second-order valence-electron chi connectivity index (χ2n) is 19.0. The number of halogens is 3. The zero-order valence-corrected chi connectivity index (χ0v) is 35.2. The van der Waals surface area contributed by atoms with Gasteiger partial charge in [-0.3, -0.25) is 9.59 Å². The first-order valence-electron chi connectivity index (χ1n) is 21.5. The Balaban J connectivity index is 1.12. The molecule has 1 amide bonds. The topological polar surface area (TPSA) is 96.3 Å². The lowest BCUT2D eigenvalue weighted by Gasteiger charge is -2.71. The van der Waals surface area contributed by atoms with Crippen molar-refractivity contribution in [3.05, 3.63) is 131 Å². The monoisotopic (exact) mass is 833 g/mol. The molecule has 6 aliphatic rings. The minimum atomic E-state index is -4.62. The average Bonchev–Trinajstić information content (AvgIpc) is 3.52. The van der Waals surface area contributed by atoms with E-state index in [1.54, 1.807) is 31.3 Å². The number of carbonyl (C=O) groups excluding carboxylic acids is 2. The predicted molar refractivity (Wildman–Crippen MR) is 227 cm³/mol. The van der Waals surface area contributed by atoms with Crippen LogP contribution in [0.2, 0.25) is 0 Å². The Bertz CT molecular complexity index is 2470. The van der Waals surface area contributed by atoms with Crippen molar-refractivity contribution in [3.8, 4) is 11.5 Å². The largest absolute Gasteiger partial charge is 0.493 e. The summed E-state index contributed by atoms with van der Waals surface area (Å²) >= 11 is 0. The van der Waals surface area contributed by atoms with Crippen LogP contribution in [0.1, 0.15) is 85.8 Å². The number of carbonyl (C=O) groups is 2. The number of benzene rings is 4. The summed E-state index contributed by atoms with van der Waals surface area (Å²) in [7, 11) is 3.11. The number of aliphatic hydroxyl groups excluding tert-OH is 1. The van der Waals surface area contributed by atoms with E-state index in [1.165, 1.54) is 12.1 Å². The van der Waals surface area contributed by atoms with Gasteiger partial charge in [0.25, 0.3) is 0 Å². The third-order valence-electron chi connectivity index (χ3n) is 16.3. The van der Waals surface area contributed by atoms with E-state index < -0.39 is 45.5 Å². The molecule has 6 aliphatic carbocycles. The number of methoxy groups -OCH3 is 2. The fourth-order valence-electron chi connectivity index (χ4n) is 13.1. The van der Waals surface area contributed by atoms with E-state index in [0.29, 0.717) is 55.6 Å². The van der Waals surface area contributed by atoms with Crippen LogP contribution < -0.4 is 9.47 Å². The molecule has 2 spiro atoms. The molecular formula is C51H54F3NO6. The summed E-state index contributed by atoms with van der Waals surface area (Å²) in [6, 6.07) is 24.2. The third kappa shape index (κ3) is 6.29. The van der Waals surface area contributed by atoms with Crippen molar-refractivity contribution in [3.63, 3.8) is 0 Å². The van der Waals surface area contributed by atoms with Crippen molar-refractivity contribution in [1.29, 1.82) is 0 Å². The standard InChI is InChI=1S/C51H54F3NO6/c1-46-20-17-37(56)28-48(46)23-24-50(39(29-48)45(58)34-11-8-13-36(27-34)51(52,53)54)42(46)18-21-47(2)43(50)19-22-49(47,59)31-55(30-35-12-7-10-33-9-5-6-14-38(33)35)44(57)26-32-15-16-40(60-3)41(25-32)61-4/h5-16,23-25,27,29,37,42-43,56,59H,17-22,26,28,30-31H2,1-4H3/t37?,42-,43-,46-,47+,48+,49-,50-/m1/s1. The number of alkyl halides is 3. The Hall–Kier alpha value is -4.93. The van der Waals surface area contributed by atoms with Gasteiger partial charge in [0.05, 0.1) is 44.5 Å². The van der Waals surface area contributed by atoms with Crippen molar-refractivity contribution >= 4 is 22.5 Å². The lowest BCUT2D eigenvalue weighted by Crippen LogP contribution is -2.67. The molecule has 7 nitrogen and oxygen atoms in total. The van der Waals surface area contributed by atoms with Crippen molar-refractivity contribution in [1.82, 2.24) is 4.90 Å². The molecule has 4 aromatic rings. The average molecular weight is 834 g/mol. The number of fused-ring (bicyclic) bond motifs is 2. The zero-order valence-electron chi connectivity index (χ0n) is 35.2. The summed E-state index contributed by atoms with van der Waals surface area (Å²) in [6.07, 6.45) is 5.24. The van der Waals surface area contributed by atoms with Crippen LogP contribution in [-0.4, -0.2) is 59.3 Å². The van der Waals surface area contributed by atoms with Gasteiger partial charge in [0.15, 0.2) is 17.3 Å². The molecule has 61 heavy (non-hydrogen) atoms. The van der Waals surface area contributed by atoms with Gasteiger partial charge in [0.2, 0.25) is 5.91 Å². The highest BCUT2D eigenvalue weighted by molar-refractivity contribution is 6.10. The van der Waals surface area contributed by atoms with Crippen molar-refractivity contribution < 1.29 is 42.4 Å². The van der Waals surface area contributed by atoms with Gasteiger partial charge in [-0.05, 0) is 108 Å². The summed E-state index contributed by atoms with van der Waals surface area (Å²) in [5.74, 6) is 0.145. The molecule has 10 heteroatoms. The van der Waals surface area contributed by atoms with Gasteiger partial charge in [-0.15, -0.1) is 0 Å². The number of amides is 1. The van der Waals surface area contributed by atoms with E-state index in [1.807, 2.05) is 54.6 Å². The Kier molecular flexibility index (Phi) is 9.90. The van der Waals surface area contributed by atoms with E-state index in [0.717, 1.165) is 40.5 Å². The maximum absolute atomic E-state index is 15.0. The molecule has 320 valence electrons. The molecule has 2 bridgehead atoms. The van der Waals surface area contributed by atoms with Crippen molar-refractivity contribution in [2.75, 3.05) is 20.8 Å². The number of allylic oxidation sites excluding steroid dienone is 4. The molecule has 0 aliphatic heterocycles. The molecular weight excluding hydrogens is 780 g/mol. The highest BCUT2D eigenvalue weighted by Crippen LogP contribution is 2.78. The molecule has 8 atom stereocenters. The number of hydrogen-bond acceptors (Lipinski definition) is 6. The number of ketones is 1. The van der Waals surface area contributed by atoms with E-state index in [4.69, 9.17) is 9.47 Å². The van der Waals surface area contributed by atoms with Crippen LogP contribution >= 0.6 is 0 Å². The van der Waals surface area contributed by atoms with Gasteiger partial charge in [0, 0.05) is 33.9 Å². The summed E-state index contributed by atoms with van der Waals surface area (Å²) in [6.45, 7) is 4.68. The normalized spacial score (nSPS) is 32.4. The lowest BCUT2D eigenvalue weighted by molar-refractivity contribution is -0.178. The van der Waals surface area contributed by atoms with Crippen LogP contribution in [0.25, 0.3) is 10.8 Å². The molecule has 4 aromatic carbocycles. The Morgan fingerprint density at radius 1 is 0.820 bits per heavy atom. The maximum Gasteiger partial charge on any atom is 0.416 e. The van der Waals surface area contributed by atoms with Crippen molar-refractivity contribution in [2.45, 2.75) is 89.6 Å². The van der Waals surface area contributed by atoms with E-state index in [9.17, 15) is 28.2 Å². The summed E-state index contributed by atoms with van der Waals surface area (Å²) in [5.41, 5.74) is -2.75. The smallest absolute Gasteiger partial charge is 0.416 e. The Morgan fingerprint density at radius 2 is 1.52 bits per heavy atom. The van der Waals surface area contributed by atoms with Crippen LogP contribution in [0.4, 0.5) is 13.2 Å². The van der Waals surface area contributed by atoms with Crippen LogP contribution in [0.3, 0.4) is 0 Å². The Morgan fingerprint density at radius 3 is 2.30 bits per heavy atom. The van der Waals surface area contributed by atoms with Gasteiger partial charge in [-0.1, -0.05) is 92.7 Å². The van der Waals surface area contributed by atoms with E-state index in [-0.39, 0.29) is 48.2 Å². The number of rotatable bonds is 10. The number of Topliss-reactive ketones (excluding diaryl/α,β-unsaturated/α-hetero) is 1. The van der Waals surface area contributed by atoms with Crippen molar-refractivity contribution in [2.24, 2.45) is 33.5 Å². The van der Waals surface area contributed by atoms with Gasteiger partial charge in [0.1, 0.15) is 0 Å². The quantitative estimate of drug-likeness (QED) is 0.122. The first-order valence-corrected chi connectivity index (χ1v) is 21.5. The molecule has 0 heterocycles. The molecule has 2 N–H and O–H groups in total. The van der Waals surface area contributed by atoms with Crippen LogP contribution in [-0.2, 0) is 23.9 Å². The summed E-state index contributed by atoms with van der Waals surface area (Å²) in [5, 5.41) is 26.5. The lowest BCUT2D eigenvalue weighted by atomic mass is 9.32. The van der Waals surface area contributed by atoms with E-state index in [2.05, 4.69) is 26.0 Å². The predicted octanol–water partition coefficient (Wildman–Crippen LogP) is 9.92. The second-order valence-corrected chi connectivity index (χ2v) is 19.0. The molecule has 0 aromatic heterocycles.